The van der Waals surface area contributed by atoms with Crippen LogP contribution in [0.1, 0.15) is 25.1 Å². The van der Waals surface area contributed by atoms with Gasteiger partial charge in [-0.2, -0.15) is 0 Å². The van der Waals surface area contributed by atoms with Crippen molar-refractivity contribution in [3.63, 3.8) is 0 Å². The first kappa shape index (κ1) is 14.3. The fourth-order valence-electron chi connectivity index (χ4n) is 2.70. The fourth-order valence-corrected chi connectivity index (χ4v) is 3.08. The minimum atomic E-state index is -1.10. The maximum Gasteiger partial charge on any atom is 0.135 e. The number of H-pyrrole nitrogens is 1. The van der Waals surface area contributed by atoms with E-state index in [1.807, 2.05) is 44.2 Å². The number of aromatic nitrogens is 2. The molecule has 4 heteroatoms. The van der Waals surface area contributed by atoms with E-state index in [-0.39, 0.29) is 5.92 Å². The quantitative estimate of drug-likeness (QED) is 0.747. The highest BCUT2D eigenvalue weighted by molar-refractivity contribution is 9.10. The molecule has 21 heavy (non-hydrogen) atoms. The third-order valence-corrected chi connectivity index (χ3v) is 4.46. The molecule has 0 aliphatic rings. The number of nitrogens with zero attached hydrogens (tertiary/aromatic N) is 1. The lowest BCUT2D eigenvalue weighted by Gasteiger charge is -2.31. The topological polar surface area (TPSA) is 48.9 Å². The van der Waals surface area contributed by atoms with Gasteiger partial charge < -0.3 is 10.1 Å². The molecule has 0 aliphatic heterocycles. The number of hydrogen-bond acceptors (Lipinski definition) is 2. The van der Waals surface area contributed by atoms with Gasteiger partial charge in [0.1, 0.15) is 5.60 Å². The van der Waals surface area contributed by atoms with E-state index < -0.39 is 5.60 Å². The molecule has 1 aromatic heterocycles. The lowest BCUT2D eigenvalue weighted by atomic mass is 9.80. The van der Waals surface area contributed by atoms with Crippen LogP contribution in [0, 0.1) is 5.92 Å². The van der Waals surface area contributed by atoms with Crippen molar-refractivity contribution in [3.8, 4) is 0 Å². The molecule has 1 atom stereocenters. The van der Waals surface area contributed by atoms with Crippen molar-refractivity contribution in [1.82, 2.24) is 9.97 Å². The van der Waals surface area contributed by atoms with Crippen LogP contribution >= 0.6 is 15.9 Å². The molecule has 0 spiro atoms. The fraction of sp³-hybridized carbons (Fsp3) is 0.235. The Balaban J connectivity index is 2.19. The van der Waals surface area contributed by atoms with Crippen molar-refractivity contribution in [1.29, 1.82) is 0 Å². The highest BCUT2D eigenvalue weighted by atomic mass is 79.9. The summed E-state index contributed by atoms with van der Waals surface area (Å²) in [6, 6.07) is 12.2. The van der Waals surface area contributed by atoms with Gasteiger partial charge >= 0.3 is 0 Å². The van der Waals surface area contributed by atoms with Crippen LogP contribution in [-0.4, -0.2) is 15.1 Å². The summed E-state index contributed by atoms with van der Waals surface area (Å²) in [6.45, 7) is 4.00. The van der Waals surface area contributed by atoms with Gasteiger partial charge in [-0.05, 0) is 40.5 Å². The molecule has 1 heterocycles. The van der Waals surface area contributed by atoms with Gasteiger partial charge in [0, 0.05) is 10.7 Å². The largest absolute Gasteiger partial charge is 0.378 e. The first-order valence-corrected chi connectivity index (χ1v) is 7.72. The molecule has 0 amide bonds. The molecule has 0 aliphatic carbocycles. The number of imidazole rings is 1. The van der Waals surface area contributed by atoms with Crippen LogP contribution in [0.25, 0.3) is 10.8 Å². The molecule has 0 radical (unpaired) electrons. The molecule has 3 aromatic rings. The van der Waals surface area contributed by atoms with Crippen LogP contribution in [0.15, 0.2) is 53.4 Å². The Morgan fingerprint density at radius 3 is 2.52 bits per heavy atom. The van der Waals surface area contributed by atoms with Crippen molar-refractivity contribution < 1.29 is 5.11 Å². The predicted octanol–water partition coefficient (Wildman–Crippen LogP) is 4.22. The monoisotopic (exact) mass is 344 g/mol. The molecular weight excluding hydrogens is 328 g/mol. The maximum atomic E-state index is 11.2. The van der Waals surface area contributed by atoms with Gasteiger partial charge in [-0.3, -0.25) is 0 Å². The van der Waals surface area contributed by atoms with Gasteiger partial charge in [0.05, 0.1) is 12.0 Å². The van der Waals surface area contributed by atoms with Crippen molar-refractivity contribution >= 4 is 26.7 Å². The number of aromatic amines is 1. The Hall–Kier alpha value is -1.65. The summed E-state index contributed by atoms with van der Waals surface area (Å²) in [6.07, 6.45) is 3.35. The van der Waals surface area contributed by atoms with Gasteiger partial charge in [0.15, 0.2) is 0 Å². The standard InChI is InChI=1S/C17H17BrN2O/c1-11(2)17(21,16-9-19-10-20-16)14-5-3-13-8-15(18)6-4-12(13)7-14/h3-11,21H,1-2H3,(H,19,20). The van der Waals surface area contributed by atoms with Gasteiger partial charge in [-0.15, -0.1) is 0 Å². The Morgan fingerprint density at radius 2 is 1.86 bits per heavy atom. The Morgan fingerprint density at radius 1 is 1.14 bits per heavy atom. The number of hydrogen-bond donors (Lipinski definition) is 2. The van der Waals surface area contributed by atoms with Crippen LogP contribution < -0.4 is 0 Å². The first-order valence-electron chi connectivity index (χ1n) is 6.93. The van der Waals surface area contributed by atoms with Gasteiger partial charge in [0.2, 0.25) is 0 Å². The number of aliphatic hydroxyl groups is 1. The first-order chi connectivity index (χ1) is 10.0. The van der Waals surface area contributed by atoms with E-state index in [1.54, 1.807) is 12.5 Å². The molecule has 3 rings (SSSR count). The van der Waals surface area contributed by atoms with Crippen LogP contribution in [-0.2, 0) is 5.60 Å². The predicted molar refractivity (Wildman–Crippen MR) is 88.1 cm³/mol. The zero-order chi connectivity index (χ0) is 15.0. The molecule has 0 fully saturated rings. The number of fused-ring (bicyclic) bond motifs is 1. The molecular formula is C17H17BrN2O. The summed E-state index contributed by atoms with van der Waals surface area (Å²) in [5.41, 5.74) is 0.412. The molecule has 3 nitrogen and oxygen atoms in total. The minimum absolute atomic E-state index is 0.00805. The van der Waals surface area contributed by atoms with E-state index in [9.17, 15) is 5.11 Å². The SMILES string of the molecule is CC(C)C(O)(c1ccc2cc(Br)ccc2c1)c1c[nH]cn1. The van der Waals surface area contributed by atoms with Crippen LogP contribution in [0.3, 0.4) is 0 Å². The van der Waals surface area contributed by atoms with E-state index in [4.69, 9.17) is 0 Å². The van der Waals surface area contributed by atoms with E-state index in [1.165, 1.54) is 0 Å². The lowest BCUT2D eigenvalue weighted by Crippen LogP contribution is -2.33. The van der Waals surface area contributed by atoms with Crippen molar-refractivity contribution in [3.05, 3.63) is 64.7 Å². The van der Waals surface area contributed by atoms with Crippen LogP contribution in [0.2, 0.25) is 0 Å². The van der Waals surface area contributed by atoms with Crippen LogP contribution in [0.5, 0.6) is 0 Å². The average molecular weight is 345 g/mol. The van der Waals surface area contributed by atoms with Gasteiger partial charge in [-0.25, -0.2) is 4.98 Å². The Labute approximate surface area is 132 Å². The number of halogens is 1. The molecule has 1 unspecified atom stereocenters. The summed E-state index contributed by atoms with van der Waals surface area (Å²) in [5, 5.41) is 13.5. The van der Waals surface area contributed by atoms with Gasteiger partial charge in [-0.1, -0.05) is 48.0 Å². The summed E-state index contributed by atoms with van der Waals surface area (Å²) in [4.78, 5) is 7.19. The third-order valence-electron chi connectivity index (χ3n) is 3.97. The Kier molecular flexibility index (Phi) is 3.59. The number of nitrogens with one attached hydrogen (secondary N) is 1. The highest BCUT2D eigenvalue weighted by Crippen LogP contribution is 2.36. The van der Waals surface area contributed by atoms with Crippen molar-refractivity contribution in [2.24, 2.45) is 5.92 Å². The molecule has 0 saturated carbocycles. The smallest absolute Gasteiger partial charge is 0.135 e. The molecule has 108 valence electrons. The second kappa shape index (κ2) is 5.28. The zero-order valence-corrected chi connectivity index (χ0v) is 13.6. The third kappa shape index (κ3) is 2.39. The second-order valence-electron chi connectivity index (χ2n) is 5.58. The summed E-state index contributed by atoms with van der Waals surface area (Å²) in [5.74, 6) is 0.00805. The maximum absolute atomic E-state index is 11.2. The molecule has 0 saturated heterocycles. The summed E-state index contributed by atoms with van der Waals surface area (Å²) < 4.78 is 1.05. The van der Waals surface area contributed by atoms with E-state index >= 15 is 0 Å². The highest BCUT2D eigenvalue weighted by Gasteiger charge is 2.37. The van der Waals surface area contributed by atoms with E-state index in [0.29, 0.717) is 5.69 Å². The summed E-state index contributed by atoms with van der Waals surface area (Å²) in [7, 11) is 0. The Bertz CT molecular complexity index is 768. The van der Waals surface area contributed by atoms with Crippen LogP contribution in [0.4, 0.5) is 0 Å². The number of rotatable bonds is 3. The minimum Gasteiger partial charge on any atom is -0.378 e. The van der Waals surface area contributed by atoms with Gasteiger partial charge in [0.25, 0.3) is 0 Å². The number of benzene rings is 2. The molecule has 2 aromatic carbocycles. The van der Waals surface area contributed by atoms with Crippen molar-refractivity contribution in [2.75, 3.05) is 0 Å². The lowest BCUT2D eigenvalue weighted by molar-refractivity contribution is 0.0281. The van der Waals surface area contributed by atoms with Crippen molar-refractivity contribution in [2.45, 2.75) is 19.4 Å². The second-order valence-corrected chi connectivity index (χ2v) is 6.50. The normalized spacial score (nSPS) is 14.5. The molecule has 2 N–H and O–H groups in total. The van der Waals surface area contributed by atoms with E-state index in [2.05, 4.69) is 32.0 Å². The zero-order valence-electron chi connectivity index (χ0n) is 12.0. The summed E-state index contributed by atoms with van der Waals surface area (Å²) >= 11 is 3.48. The molecule has 0 bridgehead atoms. The average Bonchev–Trinajstić information content (AvgIpc) is 3.00. The van der Waals surface area contributed by atoms with E-state index in [0.717, 1.165) is 20.8 Å².